The molecule has 814 valence electrons. The average Bonchev–Trinajstić information content (AvgIpc) is 0.832. The fourth-order valence-electron chi connectivity index (χ4n) is 7.56. The summed E-state index contributed by atoms with van der Waals surface area (Å²) in [6.45, 7) is 70.3. The molecule has 37 nitrogen and oxygen atoms in total. The third-order valence-corrected chi connectivity index (χ3v) is 25.2. The van der Waals surface area contributed by atoms with Gasteiger partial charge in [0, 0.05) is 92.7 Å². The van der Waals surface area contributed by atoms with Gasteiger partial charge in [-0.3, -0.25) is 46.9 Å². The van der Waals surface area contributed by atoms with E-state index in [4.69, 9.17) is 69.3 Å². The minimum absolute atomic E-state index is 0.0247. The molecule has 9 unspecified atom stereocenters. The SMILES string of the molecule is CC(=O)/C=C/C(=O)OC(C)C(C)C.CC(=O)/C=C/C(=O)OCC(C)C.CC(=O)CC(C)C.CC(=O)NCC(C)C.CC(=O)OC(C)C(C)C.CCC(C)C.COC(=O)OC(C)OP(=O)(OC(C)OC(C)=O)OC(C)(C)C(C)C.COC(=O)OCOP(=O)(OCOC(C)=O)OC(C)(C)C(C)C.COP(C)(=O)CCc1ccc(C(=O)OC(C)C(C)C)cc1.COP(C)(=O)Cc1ccc(C(=O)OCC(C)C)cc1. The van der Waals surface area contributed by atoms with Gasteiger partial charge < -0.3 is 71.3 Å². The summed E-state index contributed by atoms with van der Waals surface area (Å²) in [5, 5.41) is 2.71. The Morgan fingerprint density at radius 2 is 0.771 bits per heavy atom. The van der Waals surface area contributed by atoms with E-state index >= 15 is 0 Å². The van der Waals surface area contributed by atoms with E-state index in [0.717, 1.165) is 63.3 Å². The smallest absolute Gasteiger partial charge is 0.463 e. The second kappa shape index (κ2) is 80.2. The fourth-order valence-corrected chi connectivity index (χ4v) is 12.5. The van der Waals surface area contributed by atoms with Crippen molar-refractivity contribution in [3.05, 3.63) is 95.1 Å². The molecule has 140 heavy (non-hydrogen) atoms. The van der Waals surface area contributed by atoms with Gasteiger partial charge in [0.05, 0.1) is 49.8 Å². The molecule has 0 heterocycles. The number of ketones is 3. The van der Waals surface area contributed by atoms with Crippen molar-refractivity contribution in [2.24, 2.45) is 59.2 Å². The first-order valence-electron chi connectivity index (χ1n) is 46.4. The van der Waals surface area contributed by atoms with Gasteiger partial charge in [0.15, 0.2) is 18.9 Å². The Bertz CT molecular complexity index is 4110. The van der Waals surface area contributed by atoms with Crippen LogP contribution in [0, 0.1) is 59.2 Å². The zero-order valence-electron chi connectivity index (χ0n) is 92.1. The number of amides is 1. The first kappa shape index (κ1) is 147. The maximum absolute atomic E-state index is 12.9. The summed E-state index contributed by atoms with van der Waals surface area (Å²) in [7, 11) is -8.30. The van der Waals surface area contributed by atoms with E-state index in [-0.39, 0.29) is 77.2 Å². The molecule has 1 amide bonds. The zero-order valence-corrected chi connectivity index (χ0v) is 95.7. The molecule has 0 aliphatic rings. The van der Waals surface area contributed by atoms with Crippen molar-refractivity contribution in [1.29, 1.82) is 0 Å². The molecule has 0 bridgehead atoms. The highest BCUT2D eigenvalue weighted by Crippen LogP contribution is 2.57. The minimum atomic E-state index is -4.24. The molecule has 0 fully saturated rings. The second-order valence-electron chi connectivity index (χ2n) is 36.9. The van der Waals surface area contributed by atoms with Crippen molar-refractivity contribution in [3.63, 3.8) is 0 Å². The van der Waals surface area contributed by atoms with Crippen molar-refractivity contribution in [2.75, 3.05) is 81.3 Å². The Morgan fingerprint density at radius 3 is 1.10 bits per heavy atom. The van der Waals surface area contributed by atoms with Crippen LogP contribution < -0.4 is 5.32 Å². The van der Waals surface area contributed by atoms with Gasteiger partial charge in [-0.2, -0.15) is 0 Å². The van der Waals surface area contributed by atoms with Crippen molar-refractivity contribution < 1.29 is 169 Å². The van der Waals surface area contributed by atoms with Crippen LogP contribution in [0.15, 0.2) is 72.8 Å². The van der Waals surface area contributed by atoms with Crippen LogP contribution in [-0.2, 0) is 162 Å². The summed E-state index contributed by atoms with van der Waals surface area (Å²) >= 11 is 0. The first-order valence-corrected chi connectivity index (χ1v) is 53.9. The van der Waals surface area contributed by atoms with E-state index in [1.807, 2.05) is 144 Å². The molecule has 9 atom stereocenters. The number of rotatable bonds is 46. The van der Waals surface area contributed by atoms with E-state index in [0.29, 0.717) is 78.6 Å². The molecule has 41 heteroatoms. The number of methoxy groups -OCH3 is 2. The number of carbonyl (C=O) groups is 13. The van der Waals surface area contributed by atoms with Crippen LogP contribution in [0.2, 0.25) is 0 Å². The Kier molecular flexibility index (Phi) is 84.3. The highest BCUT2D eigenvalue weighted by Gasteiger charge is 2.42. The molecular weight excluding hydrogens is 1900 g/mol. The highest BCUT2D eigenvalue weighted by atomic mass is 31.2. The van der Waals surface area contributed by atoms with Gasteiger partial charge in [0.25, 0.3) is 0 Å². The molecule has 0 aromatic heterocycles. The van der Waals surface area contributed by atoms with Crippen LogP contribution in [0.4, 0.5) is 9.59 Å². The lowest BCUT2D eigenvalue weighted by Gasteiger charge is -2.34. The highest BCUT2D eigenvalue weighted by molar-refractivity contribution is 7.58. The molecule has 0 saturated carbocycles. The van der Waals surface area contributed by atoms with E-state index in [1.54, 1.807) is 84.3 Å². The molecule has 0 saturated heterocycles. The standard InChI is InChI=1S/C16H25O4P.C14H27O9P.C14H21O4P.C12H23O9P.C10H16O3.C9H14O3.C7H14O2.C6H13NO.C6H12O.C5H12/c1-12(2)13(3)20-16(17)15-8-6-14(7-9-15)10-11-21(5,18)19-4;1-9(2)14(6,7)23-24(17,21-11(4)19-10(3)15)22-12(5)20-13(16)18-8;1-11(2)9-18-14(15)13-7-5-12(6-8-13)10-19(4,16)17-3;1-9(2)12(4,5)21-22(15,19-7-17-10(3)13)20-8-18-11(14)16-6;1-7(2)9(4)13-10(12)6-5-8(3)11;1-7(2)6-12-9(11)5-4-8(3)10;1-5(2)6(3)9-7(4)8;1-5(2)4-7-6(3)8;1-5(2)4-6(3)7;1-4-5(2)3/h6-9,12-13H,10-11H2,1-5H3;9,11-12H,1-8H3;5-8,11H,9-10H2,1-4H3;9H,7-8H2,1-6H3;5-7,9H,1-4H3;4-5,7H,6H2,1-3H3;5-6H,1-4H3;5H,4H2,1-3H3,(H,7,8);5H,4H2,1-3H3;5H,4H2,1-3H3/b;;;;6-5+;5-4+;;;;. The maximum atomic E-state index is 12.9. The lowest BCUT2D eigenvalue weighted by atomic mass is 9.95. The largest absolute Gasteiger partial charge is 0.510 e. The molecule has 0 spiro atoms. The number of carbonyl (C=O) groups excluding carboxylic acids is 13. The van der Waals surface area contributed by atoms with Crippen molar-refractivity contribution >= 4 is 108 Å². The van der Waals surface area contributed by atoms with Crippen LogP contribution in [-0.4, -0.2) is 201 Å². The first-order chi connectivity index (χ1) is 63.9. The molecule has 1 N–H and O–H groups in total. The van der Waals surface area contributed by atoms with E-state index in [9.17, 15) is 80.6 Å². The number of nitrogens with one attached hydrogen (secondary N) is 1. The van der Waals surface area contributed by atoms with Gasteiger partial charge in [-0.1, -0.05) is 176 Å². The van der Waals surface area contributed by atoms with Crippen LogP contribution in [0.1, 0.15) is 301 Å². The van der Waals surface area contributed by atoms with Crippen LogP contribution in [0.5, 0.6) is 0 Å². The molecule has 0 radical (unpaired) electrons. The van der Waals surface area contributed by atoms with Crippen LogP contribution >= 0.6 is 30.4 Å². The Labute approximate surface area is 837 Å². The Morgan fingerprint density at radius 1 is 0.393 bits per heavy atom. The summed E-state index contributed by atoms with van der Waals surface area (Å²) in [6.07, 6.45) is 3.56. The van der Waals surface area contributed by atoms with Crippen LogP contribution in [0.25, 0.3) is 0 Å². The summed E-state index contributed by atoms with van der Waals surface area (Å²) in [5.74, 6) is 0.545. The molecule has 2 aromatic carbocycles. The molecule has 0 aliphatic carbocycles. The van der Waals surface area contributed by atoms with Crippen molar-refractivity contribution in [2.45, 2.75) is 324 Å². The summed E-state index contributed by atoms with van der Waals surface area (Å²) in [6, 6.07) is 14.2. The van der Waals surface area contributed by atoms with Gasteiger partial charge in [-0.05, 0) is 196 Å². The third-order valence-electron chi connectivity index (χ3n) is 18.3. The Balaban J connectivity index is -0.000000237. The summed E-state index contributed by atoms with van der Waals surface area (Å²) in [5.41, 5.74) is 1.20. The van der Waals surface area contributed by atoms with Crippen molar-refractivity contribution in [1.82, 2.24) is 5.32 Å². The number of hydrogen-bond acceptors (Lipinski definition) is 36. The molecular formula is C99H177NO36P4. The number of Topliss-reactive ketones (excluding diaryl/α,β-unsaturated/α-hetero) is 1. The quantitative estimate of drug-likeness (QED) is 0.0211. The third kappa shape index (κ3) is 93.5. The number of benzene rings is 2. The molecule has 2 aromatic rings. The predicted octanol–water partition coefficient (Wildman–Crippen LogP) is 23.1. The summed E-state index contributed by atoms with van der Waals surface area (Å²) in [4.78, 5) is 141. The fraction of sp³-hybridized carbons (Fsp3) is 0.707. The predicted molar refractivity (Wildman–Crippen MR) is 540 cm³/mol. The van der Waals surface area contributed by atoms with Gasteiger partial charge in [0.2, 0.25) is 39.4 Å². The van der Waals surface area contributed by atoms with E-state index in [2.05, 4.69) is 58.9 Å². The molecule has 0 aliphatic heterocycles. The molecule has 2 rings (SSSR count). The van der Waals surface area contributed by atoms with Crippen LogP contribution in [0.3, 0.4) is 0 Å². The van der Waals surface area contributed by atoms with Gasteiger partial charge in [-0.25, -0.2) is 56.0 Å². The number of aryl methyl sites for hydroxylation is 1. The van der Waals surface area contributed by atoms with Crippen molar-refractivity contribution in [3.8, 4) is 0 Å². The lowest BCUT2D eigenvalue weighted by molar-refractivity contribution is -0.164. The van der Waals surface area contributed by atoms with E-state index < -0.39 is 104 Å². The number of allylic oxidation sites excluding steroid dienone is 2. The lowest BCUT2D eigenvalue weighted by Crippen LogP contribution is -2.32. The number of phosphoric acid groups is 2. The number of ether oxygens (including phenoxy) is 11. The minimum Gasteiger partial charge on any atom is -0.463 e. The zero-order chi connectivity index (χ0) is 111. The number of phosphoric ester groups is 2. The van der Waals surface area contributed by atoms with Gasteiger partial charge >= 0.3 is 69.7 Å². The average molecular weight is 2080 g/mol. The van der Waals surface area contributed by atoms with Gasteiger partial charge in [-0.15, -0.1) is 0 Å². The maximum Gasteiger partial charge on any atom is 0.510 e. The normalized spacial score (nSPS) is 13.8. The second-order valence-corrected chi connectivity index (χ2v) is 45.5. The number of hydrogen-bond donors (Lipinski definition) is 1. The summed E-state index contributed by atoms with van der Waals surface area (Å²) < 4.78 is 142. The number of esters is 7. The Hall–Kier alpha value is -8.17. The topological polar surface area (TPSA) is 478 Å². The van der Waals surface area contributed by atoms with Gasteiger partial charge in [0.1, 0.15) is 24.1 Å². The monoisotopic (exact) mass is 2080 g/mol. The van der Waals surface area contributed by atoms with E-state index in [1.165, 1.54) is 81.3 Å².